The normalized spacial score (nSPS) is 13.0. The Balaban J connectivity index is 1.65. The minimum atomic E-state index is -3.10. The van der Waals surface area contributed by atoms with Gasteiger partial charge in [-0.3, -0.25) is 0 Å². The topological polar surface area (TPSA) is 112 Å². The standard InChI is InChI=1S/C20H16Cl2F3N5O3/c1-20(24,25)9-2-13(22)18-27-15(6-30(18)5-9)17-28-19(33-29-17)11-3-14(23)16(4-12(11)21)32-8-10(26)7-31/h2-6,10,31H,7-8,26H2,1H3. The van der Waals surface area contributed by atoms with E-state index in [9.17, 15) is 13.2 Å². The van der Waals surface area contributed by atoms with E-state index in [1.54, 1.807) is 0 Å². The van der Waals surface area contributed by atoms with Crippen molar-refractivity contribution in [2.75, 3.05) is 13.2 Å². The number of aromatic nitrogens is 4. The van der Waals surface area contributed by atoms with Crippen molar-refractivity contribution in [1.82, 2.24) is 19.5 Å². The van der Waals surface area contributed by atoms with Crippen molar-refractivity contribution in [1.29, 1.82) is 0 Å². The first kappa shape index (κ1) is 23.3. The Morgan fingerprint density at radius 2 is 1.97 bits per heavy atom. The number of rotatable bonds is 7. The monoisotopic (exact) mass is 501 g/mol. The molecule has 0 radical (unpaired) electrons. The number of nitrogens with two attached hydrogens (primary N) is 1. The molecular weight excluding hydrogens is 486 g/mol. The molecule has 0 amide bonds. The van der Waals surface area contributed by atoms with Gasteiger partial charge in [-0.1, -0.05) is 28.4 Å². The van der Waals surface area contributed by atoms with E-state index >= 15 is 0 Å². The van der Waals surface area contributed by atoms with E-state index in [1.165, 1.54) is 22.9 Å². The highest BCUT2D eigenvalue weighted by Crippen LogP contribution is 2.35. The highest BCUT2D eigenvalue weighted by Gasteiger charge is 2.26. The van der Waals surface area contributed by atoms with E-state index < -0.39 is 17.8 Å². The molecule has 0 aliphatic carbocycles. The second-order valence-electron chi connectivity index (χ2n) is 7.26. The van der Waals surface area contributed by atoms with Crippen LogP contribution in [0.1, 0.15) is 12.5 Å². The number of alkyl halides is 2. The Hall–Kier alpha value is -2.86. The summed E-state index contributed by atoms with van der Waals surface area (Å²) in [5.41, 5.74) is 5.76. The van der Waals surface area contributed by atoms with E-state index in [0.717, 1.165) is 19.1 Å². The van der Waals surface area contributed by atoms with E-state index in [2.05, 4.69) is 15.1 Å². The molecular formula is C20H16Cl2F3N5O3. The minimum Gasteiger partial charge on any atom is -0.489 e. The van der Waals surface area contributed by atoms with Gasteiger partial charge in [-0.2, -0.15) is 4.98 Å². The predicted molar refractivity (Wildman–Crippen MR) is 114 cm³/mol. The number of aliphatic hydroxyl groups excluding tert-OH is 1. The van der Waals surface area contributed by atoms with Crippen molar-refractivity contribution in [3.05, 3.63) is 52.0 Å². The smallest absolute Gasteiger partial charge is 0.271 e. The van der Waals surface area contributed by atoms with Crippen molar-refractivity contribution >= 4 is 28.8 Å². The zero-order valence-corrected chi connectivity index (χ0v) is 18.4. The summed E-state index contributed by atoms with van der Waals surface area (Å²) in [5, 5.41) is 12.8. The third kappa shape index (κ3) is 4.76. The van der Waals surface area contributed by atoms with Crippen molar-refractivity contribution in [3.8, 4) is 28.7 Å². The molecule has 0 fully saturated rings. The third-order valence-electron chi connectivity index (χ3n) is 4.61. The Morgan fingerprint density at radius 3 is 2.67 bits per heavy atom. The second kappa shape index (κ2) is 8.82. The summed E-state index contributed by atoms with van der Waals surface area (Å²) in [6, 6.07) is 2.72. The van der Waals surface area contributed by atoms with Crippen LogP contribution in [-0.4, -0.2) is 43.9 Å². The molecule has 4 rings (SSSR count). The first-order chi connectivity index (χ1) is 15.6. The molecule has 1 unspecified atom stereocenters. The lowest BCUT2D eigenvalue weighted by Gasteiger charge is -2.12. The lowest BCUT2D eigenvalue weighted by Crippen LogP contribution is -2.31. The molecule has 3 N–H and O–H groups in total. The molecule has 8 nitrogen and oxygen atoms in total. The van der Waals surface area contributed by atoms with Crippen LogP contribution in [0.15, 0.2) is 35.1 Å². The Kier molecular flexibility index (Phi) is 6.23. The molecule has 1 aromatic carbocycles. The Bertz CT molecular complexity index is 1320. The number of hydrogen-bond acceptors (Lipinski definition) is 7. The first-order valence-corrected chi connectivity index (χ1v) is 10.2. The molecule has 0 aliphatic heterocycles. The van der Waals surface area contributed by atoms with Gasteiger partial charge in [0.2, 0.25) is 5.82 Å². The zero-order valence-electron chi connectivity index (χ0n) is 16.9. The van der Waals surface area contributed by atoms with Crippen LogP contribution in [0.5, 0.6) is 5.75 Å². The van der Waals surface area contributed by atoms with Crippen molar-refractivity contribution in [3.63, 3.8) is 0 Å². The number of nitrogens with zero attached hydrogens (tertiary/aromatic N) is 4. The van der Waals surface area contributed by atoms with Gasteiger partial charge in [-0.05, 0) is 12.1 Å². The predicted octanol–water partition coefficient (Wildman–Crippen LogP) is 4.31. The Morgan fingerprint density at radius 1 is 1.21 bits per heavy atom. The van der Waals surface area contributed by atoms with Gasteiger partial charge >= 0.3 is 0 Å². The molecule has 3 heterocycles. The maximum absolute atomic E-state index is 14.4. The molecule has 3 aromatic heterocycles. The lowest BCUT2D eigenvalue weighted by molar-refractivity contribution is 0.0170. The summed E-state index contributed by atoms with van der Waals surface area (Å²) in [6.45, 7) is 0.318. The summed E-state index contributed by atoms with van der Waals surface area (Å²) in [7, 11) is 0. The molecule has 0 aliphatic rings. The van der Waals surface area contributed by atoms with Crippen LogP contribution in [0.4, 0.5) is 13.2 Å². The quantitative estimate of drug-likeness (QED) is 0.388. The average molecular weight is 502 g/mol. The number of pyridine rings is 1. The summed E-state index contributed by atoms with van der Waals surface area (Å²) in [6.07, 6.45) is 2.61. The van der Waals surface area contributed by atoms with Crippen molar-refractivity contribution in [2.24, 2.45) is 5.73 Å². The largest absolute Gasteiger partial charge is 0.489 e. The average Bonchev–Trinajstić information content (AvgIpc) is 3.40. The molecule has 0 spiro atoms. The van der Waals surface area contributed by atoms with Crippen LogP contribution >= 0.6 is 23.2 Å². The van der Waals surface area contributed by atoms with E-state index in [4.69, 9.17) is 43.3 Å². The number of fused-ring (bicyclic) bond motifs is 1. The second-order valence-corrected chi connectivity index (χ2v) is 8.08. The van der Waals surface area contributed by atoms with Crippen LogP contribution in [-0.2, 0) is 5.92 Å². The van der Waals surface area contributed by atoms with Crippen molar-refractivity contribution < 1.29 is 27.5 Å². The highest BCUT2D eigenvalue weighted by atomic mass is 35.5. The molecule has 13 heteroatoms. The molecule has 174 valence electrons. The van der Waals surface area contributed by atoms with Gasteiger partial charge < -0.3 is 24.5 Å². The molecule has 4 aromatic rings. The number of aliphatic hydroxyl groups is 1. The maximum atomic E-state index is 14.4. The van der Waals surface area contributed by atoms with Crippen LogP contribution in [0.3, 0.4) is 0 Å². The van der Waals surface area contributed by atoms with Gasteiger partial charge in [-0.15, -0.1) is 0 Å². The summed E-state index contributed by atoms with van der Waals surface area (Å²) in [5.74, 6) is -4.10. The fraction of sp³-hybridized carbons (Fsp3) is 0.250. The summed E-state index contributed by atoms with van der Waals surface area (Å²) >= 11 is 12.3. The first-order valence-electron chi connectivity index (χ1n) is 9.46. The minimum absolute atomic E-state index is 0.0142. The summed E-state index contributed by atoms with van der Waals surface area (Å²) in [4.78, 5) is 8.43. The molecule has 33 heavy (non-hydrogen) atoms. The van der Waals surface area contributed by atoms with Crippen LogP contribution in [0.25, 0.3) is 28.6 Å². The van der Waals surface area contributed by atoms with Crippen LogP contribution < -0.4 is 10.5 Å². The fourth-order valence-corrected chi connectivity index (χ4v) is 3.39. The van der Waals surface area contributed by atoms with E-state index in [-0.39, 0.29) is 63.2 Å². The third-order valence-corrected chi connectivity index (χ3v) is 5.20. The molecule has 0 saturated carbocycles. The number of hydrogen-bond donors (Lipinski definition) is 2. The lowest BCUT2D eigenvalue weighted by atomic mass is 10.2. The number of imidazole rings is 1. The van der Waals surface area contributed by atoms with Crippen LogP contribution in [0, 0.1) is 5.82 Å². The molecule has 0 bridgehead atoms. The zero-order chi connectivity index (χ0) is 23.9. The van der Waals surface area contributed by atoms with Gasteiger partial charge in [-0.25, -0.2) is 18.2 Å². The number of halogens is 5. The van der Waals surface area contributed by atoms with Crippen molar-refractivity contribution in [2.45, 2.75) is 18.9 Å². The van der Waals surface area contributed by atoms with E-state index in [0.29, 0.717) is 0 Å². The van der Waals surface area contributed by atoms with Crippen LogP contribution in [0.2, 0.25) is 10.0 Å². The highest BCUT2D eigenvalue weighted by molar-refractivity contribution is 6.33. The van der Waals surface area contributed by atoms with Gasteiger partial charge in [0.25, 0.3) is 11.8 Å². The molecule has 0 saturated heterocycles. The van der Waals surface area contributed by atoms with Gasteiger partial charge in [0.1, 0.15) is 12.3 Å². The maximum Gasteiger partial charge on any atom is 0.271 e. The fourth-order valence-electron chi connectivity index (χ4n) is 2.89. The van der Waals surface area contributed by atoms with Gasteiger partial charge in [0, 0.05) is 30.9 Å². The molecule has 1 atom stereocenters. The number of benzene rings is 1. The van der Waals surface area contributed by atoms with Gasteiger partial charge in [0.05, 0.1) is 28.3 Å². The van der Waals surface area contributed by atoms with Gasteiger partial charge in [0.15, 0.2) is 17.2 Å². The Labute approximate surface area is 194 Å². The SMILES string of the molecule is CC(F)(F)c1cc(Cl)c2nc(-c3noc(-c4cc(F)c(OCC(N)CO)cc4Cl)n3)cn2c1. The summed E-state index contributed by atoms with van der Waals surface area (Å²) < 4.78 is 53.6. The van der Waals surface area contributed by atoms with E-state index in [1.807, 2.05) is 0 Å². The number of ether oxygens (including phenoxy) is 1.